The van der Waals surface area contributed by atoms with Gasteiger partial charge in [-0.15, -0.1) is 0 Å². The van der Waals surface area contributed by atoms with Gasteiger partial charge in [-0.05, 0) is 32.2 Å². The Labute approximate surface area is 104 Å². The number of carbonyl (C=O) groups excluding carboxylic acids is 1. The number of hydrogen-bond donors (Lipinski definition) is 2. The van der Waals surface area contributed by atoms with Gasteiger partial charge in [-0.1, -0.05) is 6.42 Å². The molecule has 0 saturated heterocycles. The van der Waals surface area contributed by atoms with Crippen LogP contribution in [0.4, 0.5) is 13.2 Å². The molecule has 18 heavy (non-hydrogen) atoms. The van der Waals surface area contributed by atoms with Crippen molar-refractivity contribution in [3.63, 3.8) is 0 Å². The molecule has 0 aromatic heterocycles. The zero-order valence-electron chi connectivity index (χ0n) is 10.3. The maximum absolute atomic E-state index is 11.9. The van der Waals surface area contributed by atoms with E-state index in [0.717, 1.165) is 12.8 Å². The van der Waals surface area contributed by atoms with Crippen molar-refractivity contribution in [3.8, 4) is 0 Å². The van der Waals surface area contributed by atoms with E-state index in [1.165, 1.54) is 0 Å². The van der Waals surface area contributed by atoms with Crippen molar-refractivity contribution in [2.45, 2.75) is 37.4 Å². The van der Waals surface area contributed by atoms with Gasteiger partial charge in [-0.2, -0.15) is 13.2 Å². The van der Waals surface area contributed by atoms with E-state index in [1.807, 2.05) is 0 Å². The molecule has 2 unspecified atom stereocenters. The van der Waals surface area contributed by atoms with Crippen LogP contribution in [0.5, 0.6) is 0 Å². The number of hydrogen-bond acceptors (Lipinski definition) is 3. The van der Waals surface area contributed by atoms with Crippen LogP contribution in [-0.2, 0) is 9.53 Å². The number of ether oxygens (including phenoxy) is 1. The number of halogens is 3. The van der Waals surface area contributed by atoms with Gasteiger partial charge in [-0.3, -0.25) is 4.79 Å². The summed E-state index contributed by atoms with van der Waals surface area (Å²) < 4.78 is 40.2. The van der Waals surface area contributed by atoms with Crippen molar-refractivity contribution in [1.29, 1.82) is 0 Å². The van der Waals surface area contributed by atoms with E-state index in [1.54, 1.807) is 7.05 Å². The lowest BCUT2D eigenvalue weighted by Gasteiger charge is -2.32. The van der Waals surface area contributed by atoms with Gasteiger partial charge in [-0.25, -0.2) is 0 Å². The van der Waals surface area contributed by atoms with Crippen LogP contribution in [0.2, 0.25) is 0 Å². The molecule has 1 amide bonds. The summed E-state index contributed by atoms with van der Waals surface area (Å²) in [5, 5.41) is 2.93. The molecule has 2 atom stereocenters. The second-order valence-electron chi connectivity index (χ2n) is 4.63. The number of alkyl halides is 3. The summed E-state index contributed by atoms with van der Waals surface area (Å²) >= 11 is 0. The summed E-state index contributed by atoms with van der Waals surface area (Å²) in [5.41, 5.74) is 4.59. The molecule has 1 fully saturated rings. The fourth-order valence-electron chi connectivity index (χ4n) is 2.66. The van der Waals surface area contributed by atoms with Crippen molar-refractivity contribution >= 4 is 5.91 Å². The molecule has 0 aliphatic heterocycles. The maximum Gasteiger partial charge on any atom is 0.411 e. The van der Waals surface area contributed by atoms with E-state index in [9.17, 15) is 18.0 Å². The highest BCUT2D eigenvalue weighted by atomic mass is 19.4. The molecule has 0 radical (unpaired) electrons. The minimum absolute atomic E-state index is 0.0130. The van der Waals surface area contributed by atoms with E-state index in [0.29, 0.717) is 12.8 Å². The Hall–Kier alpha value is -0.820. The normalized spacial score (nSPS) is 28.6. The fourth-order valence-corrected chi connectivity index (χ4v) is 2.66. The van der Waals surface area contributed by atoms with Crippen LogP contribution in [0, 0.1) is 5.92 Å². The lowest BCUT2D eigenvalue weighted by Crippen LogP contribution is -2.56. The van der Waals surface area contributed by atoms with Gasteiger partial charge in [0, 0.05) is 6.61 Å². The van der Waals surface area contributed by atoms with Gasteiger partial charge in [0.2, 0.25) is 5.91 Å². The van der Waals surface area contributed by atoms with Gasteiger partial charge >= 0.3 is 6.18 Å². The number of rotatable bonds is 6. The summed E-state index contributed by atoms with van der Waals surface area (Å²) in [7, 11) is 1.65. The number of nitrogens with one attached hydrogen (secondary N) is 1. The highest BCUT2D eigenvalue weighted by Gasteiger charge is 2.46. The van der Waals surface area contributed by atoms with E-state index in [2.05, 4.69) is 10.1 Å². The largest absolute Gasteiger partial charge is 0.411 e. The average molecular weight is 268 g/mol. The molecule has 1 rings (SSSR count). The van der Waals surface area contributed by atoms with E-state index in [-0.39, 0.29) is 12.5 Å². The summed E-state index contributed by atoms with van der Waals surface area (Å²) in [6.07, 6.45) is -1.66. The molecular weight excluding hydrogens is 249 g/mol. The highest BCUT2D eigenvalue weighted by Crippen LogP contribution is 2.37. The second kappa shape index (κ2) is 5.88. The first-order chi connectivity index (χ1) is 8.32. The van der Waals surface area contributed by atoms with Crippen LogP contribution in [0.3, 0.4) is 0 Å². The number of amides is 1. The molecule has 0 aromatic carbocycles. The van der Waals surface area contributed by atoms with Gasteiger partial charge in [0.05, 0.1) is 0 Å². The Balaban J connectivity index is 2.44. The van der Waals surface area contributed by atoms with Crippen molar-refractivity contribution < 1.29 is 22.7 Å². The molecule has 4 nitrogen and oxygen atoms in total. The Morgan fingerprint density at radius 2 is 2.22 bits per heavy atom. The topological polar surface area (TPSA) is 64.3 Å². The molecular formula is C11H19F3N2O2. The number of nitrogens with two attached hydrogens (primary N) is 1. The predicted octanol–water partition coefficient (Wildman–Crippen LogP) is 1.20. The van der Waals surface area contributed by atoms with Crippen molar-refractivity contribution in [2.24, 2.45) is 11.7 Å². The summed E-state index contributed by atoms with van der Waals surface area (Å²) in [4.78, 5) is 11.5. The SMILES string of the molecule is CNC1(C(N)=O)CCCC1CCOCC(F)(F)F. The Morgan fingerprint density at radius 3 is 2.72 bits per heavy atom. The van der Waals surface area contributed by atoms with Crippen LogP contribution >= 0.6 is 0 Å². The molecule has 0 aromatic rings. The molecule has 7 heteroatoms. The summed E-state index contributed by atoms with van der Waals surface area (Å²) in [5.74, 6) is -0.503. The number of primary amides is 1. The predicted molar refractivity (Wildman–Crippen MR) is 59.8 cm³/mol. The average Bonchev–Trinajstić information content (AvgIpc) is 2.67. The quantitative estimate of drug-likeness (QED) is 0.711. The minimum atomic E-state index is -4.31. The molecule has 1 saturated carbocycles. The summed E-state index contributed by atoms with van der Waals surface area (Å²) in [6, 6.07) is 0. The Morgan fingerprint density at radius 1 is 1.56 bits per heavy atom. The van der Waals surface area contributed by atoms with Crippen LogP contribution in [0.1, 0.15) is 25.7 Å². The number of carbonyl (C=O) groups is 1. The third kappa shape index (κ3) is 3.58. The van der Waals surface area contributed by atoms with Gasteiger partial charge in [0.1, 0.15) is 12.1 Å². The first-order valence-electron chi connectivity index (χ1n) is 5.95. The number of likely N-dealkylation sites (N-methyl/N-ethyl adjacent to an activating group) is 1. The molecule has 1 aliphatic carbocycles. The minimum Gasteiger partial charge on any atom is -0.372 e. The van der Waals surface area contributed by atoms with Crippen LogP contribution < -0.4 is 11.1 Å². The van der Waals surface area contributed by atoms with E-state index < -0.39 is 24.2 Å². The standard InChI is InChI=1S/C11H19F3N2O2/c1-16-10(9(15)17)5-2-3-8(10)4-6-18-7-11(12,13)14/h8,16H,2-7H2,1H3,(H2,15,17). The Kier molecular flexibility index (Phi) is 4.98. The van der Waals surface area contributed by atoms with Gasteiger partial charge in [0.25, 0.3) is 0 Å². The maximum atomic E-state index is 11.9. The first kappa shape index (κ1) is 15.2. The second-order valence-corrected chi connectivity index (χ2v) is 4.63. The van der Waals surface area contributed by atoms with E-state index >= 15 is 0 Å². The smallest absolute Gasteiger partial charge is 0.372 e. The van der Waals surface area contributed by atoms with Crippen LogP contribution in [0.25, 0.3) is 0 Å². The molecule has 0 bridgehead atoms. The molecule has 106 valence electrons. The van der Waals surface area contributed by atoms with E-state index in [4.69, 9.17) is 5.73 Å². The molecule has 0 spiro atoms. The monoisotopic (exact) mass is 268 g/mol. The van der Waals surface area contributed by atoms with Gasteiger partial charge in [0.15, 0.2) is 0 Å². The molecule has 3 N–H and O–H groups in total. The third-order valence-corrected chi connectivity index (χ3v) is 3.58. The van der Waals surface area contributed by atoms with Crippen molar-refractivity contribution in [1.82, 2.24) is 5.32 Å². The highest BCUT2D eigenvalue weighted by molar-refractivity contribution is 5.85. The zero-order valence-corrected chi connectivity index (χ0v) is 10.3. The van der Waals surface area contributed by atoms with Crippen molar-refractivity contribution in [3.05, 3.63) is 0 Å². The first-order valence-corrected chi connectivity index (χ1v) is 5.95. The lowest BCUT2D eigenvalue weighted by molar-refractivity contribution is -0.175. The van der Waals surface area contributed by atoms with Crippen LogP contribution in [-0.4, -0.2) is 37.9 Å². The van der Waals surface area contributed by atoms with Gasteiger partial charge < -0.3 is 15.8 Å². The Bertz CT molecular complexity index is 297. The fraction of sp³-hybridized carbons (Fsp3) is 0.909. The summed E-state index contributed by atoms with van der Waals surface area (Å²) in [6.45, 7) is -1.26. The molecule has 1 aliphatic rings. The van der Waals surface area contributed by atoms with Crippen LogP contribution in [0.15, 0.2) is 0 Å². The lowest BCUT2D eigenvalue weighted by atomic mass is 9.84. The molecule has 0 heterocycles. The van der Waals surface area contributed by atoms with Crippen molar-refractivity contribution in [2.75, 3.05) is 20.3 Å². The zero-order chi connectivity index (χ0) is 13.8. The third-order valence-electron chi connectivity index (χ3n) is 3.58.